The van der Waals surface area contributed by atoms with Crippen molar-refractivity contribution in [3.05, 3.63) is 35.4 Å². The highest BCUT2D eigenvalue weighted by Gasteiger charge is 2.50. The zero-order valence-corrected chi connectivity index (χ0v) is 15.2. The molecule has 8 heteroatoms. The lowest BCUT2D eigenvalue weighted by molar-refractivity contribution is -0.135. The number of halogens is 2. The van der Waals surface area contributed by atoms with Crippen molar-refractivity contribution in [2.45, 2.75) is 57.0 Å². The molecule has 4 amide bonds. The van der Waals surface area contributed by atoms with E-state index in [1.807, 2.05) is 0 Å². The lowest BCUT2D eigenvalue weighted by Gasteiger charge is -2.23. The van der Waals surface area contributed by atoms with Gasteiger partial charge in [0.15, 0.2) is 0 Å². The van der Waals surface area contributed by atoms with E-state index in [1.54, 1.807) is 0 Å². The van der Waals surface area contributed by atoms with Crippen LogP contribution in [0.3, 0.4) is 0 Å². The molecule has 2 N–H and O–H groups in total. The second kappa shape index (κ2) is 7.62. The molecule has 2 fully saturated rings. The first-order valence-electron chi connectivity index (χ1n) is 9.20. The number of amides is 4. The molecule has 1 aliphatic carbocycles. The van der Waals surface area contributed by atoms with E-state index in [0.29, 0.717) is 0 Å². The molecule has 1 aliphatic heterocycles. The van der Waals surface area contributed by atoms with Crippen LogP contribution in [0, 0.1) is 11.6 Å². The van der Waals surface area contributed by atoms with Crippen molar-refractivity contribution in [1.82, 2.24) is 15.5 Å². The third-order valence-electron chi connectivity index (χ3n) is 5.26. The van der Waals surface area contributed by atoms with Crippen LogP contribution in [0.15, 0.2) is 18.2 Å². The van der Waals surface area contributed by atoms with Crippen molar-refractivity contribution >= 4 is 17.8 Å². The Labute approximate surface area is 156 Å². The van der Waals surface area contributed by atoms with Gasteiger partial charge in [0.25, 0.3) is 5.91 Å². The van der Waals surface area contributed by atoms with E-state index >= 15 is 0 Å². The maximum absolute atomic E-state index is 14.1. The molecule has 1 aromatic carbocycles. The van der Waals surface area contributed by atoms with Gasteiger partial charge < -0.3 is 10.6 Å². The topological polar surface area (TPSA) is 78.5 Å². The minimum Gasteiger partial charge on any atom is -0.352 e. The van der Waals surface area contributed by atoms with Crippen LogP contribution in [0.5, 0.6) is 0 Å². The van der Waals surface area contributed by atoms with Gasteiger partial charge in [-0.3, -0.25) is 14.5 Å². The summed E-state index contributed by atoms with van der Waals surface area (Å²) < 4.78 is 27.7. The Bertz CT molecular complexity index is 763. The molecule has 1 heterocycles. The predicted molar refractivity (Wildman–Crippen MR) is 93.6 cm³/mol. The molecule has 6 nitrogen and oxygen atoms in total. The molecule has 1 saturated carbocycles. The van der Waals surface area contributed by atoms with E-state index in [2.05, 4.69) is 10.6 Å². The third kappa shape index (κ3) is 3.94. The van der Waals surface area contributed by atoms with Crippen LogP contribution in [0.25, 0.3) is 0 Å². The largest absolute Gasteiger partial charge is 0.352 e. The molecule has 0 spiro atoms. The summed E-state index contributed by atoms with van der Waals surface area (Å²) in [7, 11) is 0. The van der Waals surface area contributed by atoms with Crippen molar-refractivity contribution in [2.24, 2.45) is 0 Å². The molecule has 1 saturated heterocycles. The first-order chi connectivity index (χ1) is 12.8. The number of urea groups is 1. The highest BCUT2D eigenvalue weighted by Crippen LogP contribution is 2.31. The van der Waals surface area contributed by atoms with Crippen molar-refractivity contribution in [3.8, 4) is 0 Å². The standard InChI is InChI=1S/C19H23F2N3O3/c1-19(14-10-12(20)8-9-15(14)21)17(26)24(18(27)23-19)11-16(25)22-13-6-4-2-3-5-7-13/h8-10,13H,2-7,11H2,1H3,(H,22,25)(H,23,27). The average molecular weight is 379 g/mol. The Kier molecular flexibility index (Phi) is 5.43. The first kappa shape index (κ1) is 19.3. The second-order valence-corrected chi connectivity index (χ2v) is 7.33. The molecule has 1 unspecified atom stereocenters. The van der Waals surface area contributed by atoms with Gasteiger partial charge in [0.05, 0.1) is 0 Å². The van der Waals surface area contributed by atoms with E-state index in [4.69, 9.17) is 0 Å². The number of imide groups is 1. The zero-order valence-electron chi connectivity index (χ0n) is 15.2. The number of benzene rings is 1. The van der Waals surface area contributed by atoms with Crippen LogP contribution >= 0.6 is 0 Å². The average Bonchev–Trinajstić information content (AvgIpc) is 2.80. The van der Waals surface area contributed by atoms with E-state index in [1.165, 1.54) is 6.92 Å². The van der Waals surface area contributed by atoms with E-state index < -0.39 is 41.6 Å². The Morgan fingerprint density at radius 1 is 1.22 bits per heavy atom. The summed E-state index contributed by atoms with van der Waals surface area (Å²) in [5, 5.41) is 5.25. The molecular formula is C19H23F2N3O3. The molecule has 1 aromatic rings. The molecule has 0 aromatic heterocycles. The summed E-state index contributed by atoms with van der Waals surface area (Å²) in [6.45, 7) is 0.849. The molecule has 146 valence electrons. The highest BCUT2D eigenvalue weighted by molar-refractivity contribution is 6.09. The quantitative estimate of drug-likeness (QED) is 0.623. The number of carbonyl (C=O) groups excluding carboxylic acids is 3. The van der Waals surface area contributed by atoms with Crippen LogP contribution in [0.4, 0.5) is 13.6 Å². The molecule has 1 atom stereocenters. The highest BCUT2D eigenvalue weighted by atomic mass is 19.1. The summed E-state index contributed by atoms with van der Waals surface area (Å²) >= 11 is 0. The molecule has 27 heavy (non-hydrogen) atoms. The van der Waals surface area contributed by atoms with E-state index in [9.17, 15) is 23.2 Å². The Hall–Kier alpha value is -2.51. The number of carbonyl (C=O) groups is 3. The normalized spacial score (nSPS) is 23.9. The van der Waals surface area contributed by atoms with Gasteiger partial charge in [-0.05, 0) is 38.0 Å². The van der Waals surface area contributed by atoms with Gasteiger partial charge >= 0.3 is 6.03 Å². The summed E-state index contributed by atoms with van der Waals surface area (Å²) in [6.07, 6.45) is 6.08. The van der Waals surface area contributed by atoms with Crippen LogP contribution < -0.4 is 10.6 Å². The fourth-order valence-electron chi connectivity index (χ4n) is 3.74. The Morgan fingerprint density at radius 3 is 2.56 bits per heavy atom. The Balaban J connectivity index is 1.72. The third-order valence-corrected chi connectivity index (χ3v) is 5.26. The number of hydrogen-bond donors (Lipinski definition) is 2. The van der Waals surface area contributed by atoms with Gasteiger partial charge in [-0.15, -0.1) is 0 Å². The van der Waals surface area contributed by atoms with Crippen LogP contribution in [-0.2, 0) is 15.1 Å². The minimum absolute atomic E-state index is 0.0350. The monoisotopic (exact) mass is 379 g/mol. The number of rotatable bonds is 4. The summed E-state index contributed by atoms with van der Waals surface area (Å²) in [4.78, 5) is 38.1. The van der Waals surface area contributed by atoms with E-state index in [-0.39, 0.29) is 11.6 Å². The van der Waals surface area contributed by atoms with Crippen molar-refractivity contribution in [3.63, 3.8) is 0 Å². The molecule has 0 radical (unpaired) electrons. The van der Waals surface area contributed by atoms with Crippen molar-refractivity contribution in [2.75, 3.05) is 6.54 Å². The van der Waals surface area contributed by atoms with E-state index in [0.717, 1.165) is 61.6 Å². The number of nitrogens with one attached hydrogen (secondary N) is 2. The maximum atomic E-state index is 14.1. The fraction of sp³-hybridized carbons (Fsp3) is 0.526. The SMILES string of the molecule is CC1(c2cc(F)ccc2F)NC(=O)N(CC(=O)NC2CCCCCC2)C1=O. The van der Waals surface area contributed by atoms with Crippen LogP contribution in [-0.4, -0.2) is 35.3 Å². The summed E-state index contributed by atoms with van der Waals surface area (Å²) in [6, 6.07) is 1.94. The predicted octanol–water partition coefficient (Wildman–Crippen LogP) is 2.57. The lowest BCUT2D eigenvalue weighted by atomic mass is 9.91. The molecule has 0 bridgehead atoms. The van der Waals surface area contributed by atoms with Gasteiger partial charge in [-0.2, -0.15) is 0 Å². The van der Waals surface area contributed by atoms with Crippen LogP contribution in [0.1, 0.15) is 51.0 Å². The van der Waals surface area contributed by atoms with Gasteiger partial charge in [-0.25, -0.2) is 13.6 Å². The van der Waals surface area contributed by atoms with Crippen molar-refractivity contribution < 1.29 is 23.2 Å². The zero-order chi connectivity index (χ0) is 19.6. The van der Waals surface area contributed by atoms with Gasteiger partial charge in [-0.1, -0.05) is 25.7 Å². The number of hydrogen-bond acceptors (Lipinski definition) is 3. The van der Waals surface area contributed by atoms with Crippen molar-refractivity contribution in [1.29, 1.82) is 0 Å². The molecular weight excluding hydrogens is 356 g/mol. The lowest BCUT2D eigenvalue weighted by Crippen LogP contribution is -2.45. The first-order valence-corrected chi connectivity index (χ1v) is 9.20. The fourth-order valence-corrected chi connectivity index (χ4v) is 3.74. The smallest absolute Gasteiger partial charge is 0.325 e. The van der Waals surface area contributed by atoms with Gasteiger partial charge in [0.1, 0.15) is 23.7 Å². The van der Waals surface area contributed by atoms with Gasteiger partial charge in [0.2, 0.25) is 5.91 Å². The van der Waals surface area contributed by atoms with Crippen LogP contribution in [0.2, 0.25) is 0 Å². The number of nitrogens with zero attached hydrogens (tertiary/aromatic N) is 1. The van der Waals surface area contributed by atoms with Gasteiger partial charge in [0, 0.05) is 11.6 Å². The molecule has 2 aliphatic rings. The summed E-state index contributed by atoms with van der Waals surface area (Å²) in [5.41, 5.74) is -2.03. The second-order valence-electron chi connectivity index (χ2n) is 7.33. The molecule has 3 rings (SSSR count). The maximum Gasteiger partial charge on any atom is 0.325 e. The summed E-state index contributed by atoms with van der Waals surface area (Å²) in [5.74, 6) is -2.75. The Morgan fingerprint density at radius 2 is 1.89 bits per heavy atom. The minimum atomic E-state index is -1.76.